The highest BCUT2D eigenvalue weighted by Crippen LogP contribution is 2.04. The third-order valence-corrected chi connectivity index (χ3v) is 1.92. The van der Waals surface area contributed by atoms with Crippen LogP contribution in [0.25, 0.3) is 0 Å². The summed E-state index contributed by atoms with van der Waals surface area (Å²) in [5, 5.41) is 5.67. The van der Waals surface area contributed by atoms with Gasteiger partial charge in [0.1, 0.15) is 0 Å². The Morgan fingerprint density at radius 3 is 2.79 bits per heavy atom. The molecule has 1 aromatic rings. The van der Waals surface area contributed by atoms with Crippen molar-refractivity contribution in [1.82, 2.24) is 5.32 Å². The van der Waals surface area contributed by atoms with Crippen LogP contribution in [-0.4, -0.2) is 24.8 Å². The molecule has 1 aliphatic rings. The van der Waals surface area contributed by atoms with Crippen molar-refractivity contribution in [2.45, 2.75) is 0 Å². The standard InChI is InChI=1S/C10H11N3O/c14-10(9-11-6-7-12-9)13-8-4-2-1-3-5-8/h1-5H,6-7H2,(H,11,12)(H,13,14). The molecule has 14 heavy (non-hydrogen) atoms. The first-order chi connectivity index (χ1) is 6.86. The Morgan fingerprint density at radius 1 is 1.36 bits per heavy atom. The molecule has 2 rings (SSSR count). The van der Waals surface area contributed by atoms with Gasteiger partial charge >= 0.3 is 0 Å². The molecule has 4 nitrogen and oxygen atoms in total. The van der Waals surface area contributed by atoms with Crippen LogP contribution in [0, 0.1) is 0 Å². The SMILES string of the molecule is O=C(Nc1ccccc1)C1=NCCN1. The summed E-state index contributed by atoms with van der Waals surface area (Å²) in [6.07, 6.45) is 0. The molecule has 0 bridgehead atoms. The molecule has 0 fully saturated rings. The van der Waals surface area contributed by atoms with Gasteiger partial charge in [0.05, 0.1) is 6.54 Å². The molecular formula is C10H11N3O. The number of amidine groups is 1. The van der Waals surface area contributed by atoms with Crippen molar-refractivity contribution in [1.29, 1.82) is 0 Å². The van der Waals surface area contributed by atoms with Gasteiger partial charge in [0.15, 0.2) is 5.84 Å². The van der Waals surface area contributed by atoms with Crippen molar-refractivity contribution in [3.63, 3.8) is 0 Å². The van der Waals surface area contributed by atoms with Crippen molar-refractivity contribution >= 4 is 17.4 Å². The highest BCUT2D eigenvalue weighted by molar-refractivity contribution is 6.42. The maximum Gasteiger partial charge on any atom is 0.290 e. The van der Waals surface area contributed by atoms with Crippen molar-refractivity contribution in [2.75, 3.05) is 18.4 Å². The minimum atomic E-state index is -0.172. The van der Waals surface area contributed by atoms with Gasteiger partial charge in [0, 0.05) is 12.2 Å². The molecule has 0 spiro atoms. The number of nitrogens with zero attached hydrogens (tertiary/aromatic N) is 1. The Labute approximate surface area is 82.0 Å². The van der Waals surface area contributed by atoms with E-state index < -0.39 is 0 Å². The van der Waals surface area contributed by atoms with Crippen LogP contribution >= 0.6 is 0 Å². The lowest BCUT2D eigenvalue weighted by molar-refractivity contribution is -0.110. The van der Waals surface area contributed by atoms with Crippen LogP contribution in [-0.2, 0) is 4.79 Å². The predicted molar refractivity (Wildman–Crippen MR) is 55.4 cm³/mol. The molecule has 1 aromatic carbocycles. The fourth-order valence-electron chi connectivity index (χ4n) is 1.26. The summed E-state index contributed by atoms with van der Waals surface area (Å²) >= 11 is 0. The molecule has 1 amide bonds. The normalized spacial score (nSPS) is 14.4. The van der Waals surface area contributed by atoms with E-state index in [2.05, 4.69) is 15.6 Å². The van der Waals surface area contributed by atoms with E-state index in [-0.39, 0.29) is 5.91 Å². The van der Waals surface area contributed by atoms with Crippen LogP contribution in [0.4, 0.5) is 5.69 Å². The van der Waals surface area contributed by atoms with Gasteiger partial charge in [-0.25, -0.2) is 0 Å². The van der Waals surface area contributed by atoms with Crippen LogP contribution in [0.5, 0.6) is 0 Å². The number of anilines is 1. The number of benzene rings is 1. The van der Waals surface area contributed by atoms with Crippen LogP contribution in [0.2, 0.25) is 0 Å². The number of carbonyl (C=O) groups excluding carboxylic acids is 1. The molecule has 2 N–H and O–H groups in total. The molecule has 1 heterocycles. The fourth-order valence-corrected chi connectivity index (χ4v) is 1.26. The van der Waals surface area contributed by atoms with Gasteiger partial charge in [-0.05, 0) is 12.1 Å². The lowest BCUT2D eigenvalue weighted by Gasteiger charge is -2.04. The summed E-state index contributed by atoms with van der Waals surface area (Å²) in [5.41, 5.74) is 0.786. The van der Waals surface area contributed by atoms with Crippen molar-refractivity contribution in [3.05, 3.63) is 30.3 Å². The van der Waals surface area contributed by atoms with E-state index in [0.29, 0.717) is 12.4 Å². The van der Waals surface area contributed by atoms with E-state index in [0.717, 1.165) is 12.2 Å². The molecule has 4 heteroatoms. The molecule has 0 unspecified atom stereocenters. The summed E-state index contributed by atoms with van der Waals surface area (Å²) in [7, 11) is 0. The minimum Gasteiger partial charge on any atom is -0.364 e. The third kappa shape index (κ3) is 1.90. The molecular weight excluding hydrogens is 178 g/mol. The zero-order chi connectivity index (χ0) is 9.80. The number of amides is 1. The maximum atomic E-state index is 11.5. The molecule has 0 aliphatic carbocycles. The Morgan fingerprint density at radius 2 is 2.14 bits per heavy atom. The zero-order valence-electron chi connectivity index (χ0n) is 7.66. The van der Waals surface area contributed by atoms with Crippen LogP contribution < -0.4 is 10.6 Å². The van der Waals surface area contributed by atoms with Gasteiger partial charge in [0.25, 0.3) is 5.91 Å². The van der Waals surface area contributed by atoms with Crippen molar-refractivity contribution in [3.8, 4) is 0 Å². The highest BCUT2D eigenvalue weighted by atomic mass is 16.2. The number of hydrogen-bond donors (Lipinski definition) is 2. The molecule has 0 aromatic heterocycles. The molecule has 0 saturated carbocycles. The summed E-state index contributed by atoms with van der Waals surface area (Å²) in [5.74, 6) is 0.252. The number of carbonyl (C=O) groups is 1. The maximum absolute atomic E-state index is 11.5. The Bertz CT molecular complexity index is 359. The molecule has 0 atom stereocenters. The average Bonchev–Trinajstić information content (AvgIpc) is 2.72. The number of hydrogen-bond acceptors (Lipinski definition) is 3. The molecule has 0 saturated heterocycles. The Kier molecular flexibility index (Phi) is 2.44. The van der Waals surface area contributed by atoms with Gasteiger partial charge in [-0.3, -0.25) is 9.79 Å². The van der Waals surface area contributed by atoms with Crippen LogP contribution in [0.15, 0.2) is 35.3 Å². The van der Waals surface area contributed by atoms with E-state index in [4.69, 9.17) is 0 Å². The summed E-state index contributed by atoms with van der Waals surface area (Å²) < 4.78 is 0. The first-order valence-corrected chi connectivity index (χ1v) is 4.51. The quantitative estimate of drug-likeness (QED) is 0.716. The summed E-state index contributed by atoms with van der Waals surface area (Å²) in [6, 6.07) is 9.33. The lowest BCUT2D eigenvalue weighted by Crippen LogP contribution is -2.32. The largest absolute Gasteiger partial charge is 0.364 e. The van der Waals surface area contributed by atoms with Gasteiger partial charge in [0.2, 0.25) is 0 Å². The minimum absolute atomic E-state index is 0.172. The second-order valence-corrected chi connectivity index (χ2v) is 2.98. The van der Waals surface area contributed by atoms with Crippen molar-refractivity contribution in [2.24, 2.45) is 4.99 Å². The van der Waals surface area contributed by atoms with Gasteiger partial charge < -0.3 is 10.6 Å². The first-order valence-electron chi connectivity index (χ1n) is 4.51. The van der Waals surface area contributed by atoms with Gasteiger partial charge in [-0.1, -0.05) is 18.2 Å². The van der Waals surface area contributed by atoms with Crippen LogP contribution in [0.1, 0.15) is 0 Å². The average molecular weight is 189 g/mol. The predicted octanol–water partition coefficient (Wildman–Crippen LogP) is 0.627. The third-order valence-electron chi connectivity index (χ3n) is 1.92. The zero-order valence-corrected chi connectivity index (χ0v) is 7.66. The Hall–Kier alpha value is -1.84. The lowest BCUT2D eigenvalue weighted by atomic mass is 10.3. The van der Waals surface area contributed by atoms with E-state index in [1.165, 1.54) is 0 Å². The van der Waals surface area contributed by atoms with Crippen molar-refractivity contribution < 1.29 is 4.79 Å². The number of aliphatic imine (C=N–C) groups is 1. The summed E-state index contributed by atoms with van der Waals surface area (Å²) in [6.45, 7) is 1.43. The first kappa shape index (κ1) is 8.74. The molecule has 0 radical (unpaired) electrons. The molecule has 1 aliphatic heterocycles. The number of rotatable bonds is 2. The Balaban J connectivity index is 2.01. The van der Waals surface area contributed by atoms with E-state index >= 15 is 0 Å². The van der Waals surface area contributed by atoms with Gasteiger partial charge in [-0.15, -0.1) is 0 Å². The topological polar surface area (TPSA) is 53.5 Å². The van der Waals surface area contributed by atoms with Crippen LogP contribution in [0.3, 0.4) is 0 Å². The smallest absolute Gasteiger partial charge is 0.290 e. The number of nitrogens with one attached hydrogen (secondary N) is 2. The summed E-state index contributed by atoms with van der Waals surface area (Å²) in [4.78, 5) is 15.5. The highest BCUT2D eigenvalue weighted by Gasteiger charge is 2.13. The van der Waals surface area contributed by atoms with E-state index in [1.54, 1.807) is 0 Å². The fraction of sp³-hybridized carbons (Fsp3) is 0.200. The van der Waals surface area contributed by atoms with Gasteiger partial charge in [-0.2, -0.15) is 0 Å². The monoisotopic (exact) mass is 189 g/mol. The second-order valence-electron chi connectivity index (χ2n) is 2.98. The van der Waals surface area contributed by atoms with E-state index in [1.807, 2.05) is 30.3 Å². The number of para-hydroxylation sites is 1. The van der Waals surface area contributed by atoms with E-state index in [9.17, 15) is 4.79 Å². The second kappa shape index (κ2) is 3.91. The molecule has 72 valence electrons.